The molecule has 0 saturated carbocycles. The SMILES string of the molecule is COC(=O)/C=C/[C@H](c1ccccc1)[C@@H](C)/C=C\O[Si](C)(C)C(C)(C)C. The number of allylic oxidation sites excluding steroid dienone is 2. The molecule has 0 bridgehead atoms. The average molecular weight is 361 g/mol. The van der Waals surface area contributed by atoms with Crippen LogP contribution in [0.1, 0.15) is 39.2 Å². The van der Waals surface area contributed by atoms with Crippen LogP contribution in [-0.4, -0.2) is 21.4 Å². The number of esters is 1. The molecule has 0 aliphatic heterocycles. The van der Waals surface area contributed by atoms with Crippen molar-refractivity contribution in [3.05, 3.63) is 60.4 Å². The minimum absolute atomic E-state index is 0.0829. The Morgan fingerprint density at radius 2 is 1.72 bits per heavy atom. The van der Waals surface area contributed by atoms with E-state index >= 15 is 0 Å². The van der Waals surface area contributed by atoms with Crippen molar-refractivity contribution in [2.45, 2.75) is 51.7 Å². The van der Waals surface area contributed by atoms with E-state index in [1.54, 1.807) is 0 Å². The Balaban J connectivity index is 2.93. The normalized spacial score (nSPS) is 15.3. The van der Waals surface area contributed by atoms with Gasteiger partial charge in [0.25, 0.3) is 0 Å². The van der Waals surface area contributed by atoms with Crippen molar-refractivity contribution in [3.8, 4) is 0 Å². The Bertz CT molecular complexity index is 597. The summed E-state index contributed by atoms with van der Waals surface area (Å²) in [7, 11) is -0.417. The molecule has 0 aliphatic carbocycles. The molecule has 25 heavy (non-hydrogen) atoms. The second-order valence-corrected chi connectivity index (χ2v) is 12.6. The molecule has 138 valence electrons. The van der Waals surface area contributed by atoms with Gasteiger partial charge >= 0.3 is 5.97 Å². The van der Waals surface area contributed by atoms with Crippen molar-refractivity contribution in [1.82, 2.24) is 0 Å². The number of carbonyl (C=O) groups excluding carboxylic acids is 1. The van der Waals surface area contributed by atoms with E-state index in [1.165, 1.54) is 13.2 Å². The molecule has 1 rings (SSSR count). The minimum Gasteiger partial charge on any atom is -0.549 e. The smallest absolute Gasteiger partial charge is 0.330 e. The van der Waals surface area contributed by atoms with E-state index in [9.17, 15) is 4.79 Å². The van der Waals surface area contributed by atoms with E-state index in [4.69, 9.17) is 9.16 Å². The Morgan fingerprint density at radius 1 is 1.12 bits per heavy atom. The molecule has 1 aromatic rings. The highest BCUT2D eigenvalue weighted by molar-refractivity contribution is 6.74. The lowest BCUT2D eigenvalue weighted by Crippen LogP contribution is -2.39. The van der Waals surface area contributed by atoms with Gasteiger partial charge in [-0.25, -0.2) is 4.79 Å². The first kappa shape index (κ1) is 21.2. The number of methoxy groups -OCH3 is 1. The van der Waals surface area contributed by atoms with Gasteiger partial charge in [-0.1, -0.05) is 64.1 Å². The number of ether oxygens (including phenoxy) is 1. The van der Waals surface area contributed by atoms with Crippen LogP contribution in [0.15, 0.2) is 54.8 Å². The molecule has 0 fully saturated rings. The first-order chi connectivity index (χ1) is 11.6. The van der Waals surface area contributed by atoms with Gasteiger partial charge in [-0.3, -0.25) is 0 Å². The summed E-state index contributed by atoms with van der Waals surface area (Å²) in [5.74, 6) is -0.0673. The molecular formula is C21H32O3Si. The fourth-order valence-corrected chi connectivity index (χ4v) is 2.92. The van der Waals surface area contributed by atoms with Crippen LogP contribution in [0.3, 0.4) is 0 Å². The summed E-state index contributed by atoms with van der Waals surface area (Å²) < 4.78 is 10.9. The second kappa shape index (κ2) is 9.04. The Morgan fingerprint density at radius 3 is 2.24 bits per heavy atom. The van der Waals surface area contributed by atoms with Gasteiger partial charge in [0.05, 0.1) is 13.4 Å². The molecule has 0 aromatic heterocycles. The molecular weight excluding hydrogens is 328 g/mol. The Kier molecular flexibility index (Phi) is 7.68. The topological polar surface area (TPSA) is 35.5 Å². The van der Waals surface area contributed by atoms with Crippen LogP contribution in [0.25, 0.3) is 0 Å². The Hall–Kier alpha value is -1.81. The largest absolute Gasteiger partial charge is 0.549 e. The molecule has 0 N–H and O–H groups in total. The third-order valence-electron chi connectivity index (χ3n) is 4.94. The first-order valence-corrected chi connectivity index (χ1v) is 11.6. The summed E-state index contributed by atoms with van der Waals surface area (Å²) in [4.78, 5) is 11.5. The van der Waals surface area contributed by atoms with Gasteiger partial charge in [0.1, 0.15) is 0 Å². The number of hydrogen-bond acceptors (Lipinski definition) is 3. The van der Waals surface area contributed by atoms with Crippen molar-refractivity contribution in [2.24, 2.45) is 5.92 Å². The number of hydrogen-bond donors (Lipinski definition) is 0. The first-order valence-electron chi connectivity index (χ1n) is 8.74. The fourth-order valence-electron chi connectivity index (χ4n) is 2.15. The van der Waals surface area contributed by atoms with Gasteiger partial charge in [-0.2, -0.15) is 0 Å². The van der Waals surface area contributed by atoms with Gasteiger partial charge < -0.3 is 9.16 Å². The van der Waals surface area contributed by atoms with E-state index in [1.807, 2.05) is 30.5 Å². The van der Waals surface area contributed by atoms with Crippen LogP contribution in [0.5, 0.6) is 0 Å². The highest BCUT2D eigenvalue weighted by atomic mass is 28.4. The van der Waals surface area contributed by atoms with Crippen molar-refractivity contribution in [1.29, 1.82) is 0 Å². The van der Waals surface area contributed by atoms with Gasteiger partial charge in [-0.15, -0.1) is 0 Å². The highest BCUT2D eigenvalue weighted by Gasteiger charge is 2.37. The number of benzene rings is 1. The summed E-state index contributed by atoms with van der Waals surface area (Å²) in [6, 6.07) is 10.2. The predicted molar refractivity (Wildman–Crippen MR) is 107 cm³/mol. The predicted octanol–water partition coefficient (Wildman–Crippen LogP) is 5.67. The van der Waals surface area contributed by atoms with Gasteiger partial charge in [0, 0.05) is 12.0 Å². The monoisotopic (exact) mass is 360 g/mol. The molecule has 4 heteroatoms. The van der Waals surface area contributed by atoms with Crippen LogP contribution in [0, 0.1) is 5.92 Å². The third kappa shape index (κ3) is 6.54. The summed E-state index contributed by atoms with van der Waals surface area (Å²) in [6.07, 6.45) is 7.34. The van der Waals surface area contributed by atoms with Crippen LogP contribution < -0.4 is 0 Å². The summed E-state index contributed by atoms with van der Waals surface area (Å²) in [5.41, 5.74) is 1.16. The van der Waals surface area contributed by atoms with Crippen LogP contribution in [-0.2, 0) is 14.0 Å². The highest BCUT2D eigenvalue weighted by Crippen LogP contribution is 2.37. The van der Waals surface area contributed by atoms with Crippen molar-refractivity contribution >= 4 is 14.3 Å². The van der Waals surface area contributed by atoms with Crippen molar-refractivity contribution < 1.29 is 14.0 Å². The van der Waals surface area contributed by atoms with Gasteiger partial charge in [-0.05, 0) is 35.7 Å². The maximum Gasteiger partial charge on any atom is 0.330 e. The molecule has 0 heterocycles. The van der Waals surface area contributed by atoms with E-state index in [-0.39, 0.29) is 22.8 Å². The minimum atomic E-state index is -1.81. The summed E-state index contributed by atoms with van der Waals surface area (Å²) in [5, 5.41) is 0.171. The molecule has 1 aromatic carbocycles. The number of rotatable bonds is 7. The quantitative estimate of drug-likeness (QED) is 0.272. The van der Waals surface area contributed by atoms with E-state index < -0.39 is 8.32 Å². The molecule has 0 aliphatic rings. The van der Waals surface area contributed by atoms with Crippen LogP contribution >= 0.6 is 0 Å². The summed E-state index contributed by atoms with van der Waals surface area (Å²) >= 11 is 0. The molecule has 0 amide bonds. The van der Waals surface area contributed by atoms with Crippen molar-refractivity contribution in [2.75, 3.05) is 7.11 Å². The lowest BCUT2D eigenvalue weighted by molar-refractivity contribution is -0.134. The number of carbonyl (C=O) groups is 1. The standard InChI is InChI=1S/C21H32O3Si/c1-17(15-16-24-25(6,7)21(2,3)4)19(13-14-20(22)23-5)18-11-9-8-10-12-18/h8-17,19H,1-7H3/b14-13+,16-15-/t17-,19-/m0/s1. The zero-order valence-electron chi connectivity index (χ0n) is 16.6. The molecule has 2 atom stereocenters. The third-order valence-corrected chi connectivity index (χ3v) is 9.28. The van der Waals surface area contributed by atoms with Gasteiger partial charge in [0.15, 0.2) is 0 Å². The molecule has 0 saturated heterocycles. The molecule has 0 spiro atoms. The lowest BCUT2D eigenvalue weighted by Gasteiger charge is -2.35. The van der Waals surface area contributed by atoms with Crippen LogP contribution in [0.4, 0.5) is 0 Å². The molecule has 0 radical (unpaired) electrons. The summed E-state index contributed by atoms with van der Waals surface area (Å²) in [6.45, 7) is 13.3. The zero-order chi connectivity index (χ0) is 19.1. The average Bonchev–Trinajstić information content (AvgIpc) is 2.54. The Labute approximate surface area is 153 Å². The van der Waals surface area contributed by atoms with E-state index in [0.29, 0.717) is 0 Å². The zero-order valence-corrected chi connectivity index (χ0v) is 17.6. The van der Waals surface area contributed by atoms with E-state index in [2.05, 4.69) is 59.0 Å². The van der Waals surface area contributed by atoms with Crippen molar-refractivity contribution in [3.63, 3.8) is 0 Å². The fraction of sp³-hybridized carbons (Fsp3) is 0.476. The maximum absolute atomic E-state index is 11.5. The second-order valence-electron chi connectivity index (χ2n) is 7.88. The lowest BCUT2D eigenvalue weighted by atomic mass is 9.87. The molecule has 3 nitrogen and oxygen atoms in total. The van der Waals surface area contributed by atoms with E-state index in [0.717, 1.165) is 5.56 Å². The van der Waals surface area contributed by atoms with Crippen LogP contribution in [0.2, 0.25) is 18.1 Å². The maximum atomic E-state index is 11.5. The molecule has 0 unspecified atom stereocenters. The van der Waals surface area contributed by atoms with Gasteiger partial charge in [0.2, 0.25) is 8.32 Å².